The van der Waals surface area contributed by atoms with Crippen LogP contribution in [0.25, 0.3) is 11.3 Å². The maximum absolute atomic E-state index is 6.62. The van der Waals surface area contributed by atoms with E-state index in [2.05, 4.69) is 12.3 Å². The van der Waals surface area contributed by atoms with E-state index in [1.165, 1.54) is 12.8 Å². The number of benzene rings is 1. The van der Waals surface area contributed by atoms with E-state index in [1.54, 1.807) is 11.3 Å². The zero-order chi connectivity index (χ0) is 14.2. The maximum atomic E-state index is 6.62. The Kier molecular flexibility index (Phi) is 3.85. The second-order valence-corrected chi connectivity index (χ2v) is 7.14. The molecule has 20 heavy (non-hydrogen) atoms. The van der Waals surface area contributed by atoms with Crippen LogP contribution in [0.2, 0.25) is 5.02 Å². The molecule has 2 nitrogen and oxygen atoms in total. The van der Waals surface area contributed by atoms with Crippen molar-refractivity contribution in [3.63, 3.8) is 0 Å². The van der Waals surface area contributed by atoms with Crippen molar-refractivity contribution >= 4 is 22.9 Å². The van der Waals surface area contributed by atoms with E-state index in [9.17, 15) is 0 Å². The molecule has 1 heterocycles. The summed E-state index contributed by atoms with van der Waals surface area (Å²) in [5.74, 6) is 0.682. The highest BCUT2D eigenvalue weighted by Crippen LogP contribution is 2.40. The molecule has 0 spiro atoms. The van der Waals surface area contributed by atoms with E-state index in [1.807, 2.05) is 24.3 Å². The Hall–Kier alpha value is -0.900. The van der Waals surface area contributed by atoms with E-state index >= 15 is 0 Å². The number of thiazole rings is 1. The van der Waals surface area contributed by atoms with Crippen molar-refractivity contribution in [3.05, 3.63) is 39.7 Å². The fourth-order valence-electron chi connectivity index (χ4n) is 3.08. The highest BCUT2D eigenvalue weighted by molar-refractivity contribution is 7.10. The Morgan fingerprint density at radius 2 is 2.20 bits per heavy atom. The van der Waals surface area contributed by atoms with Crippen LogP contribution >= 0.6 is 22.9 Å². The summed E-state index contributed by atoms with van der Waals surface area (Å²) in [7, 11) is 0. The number of aromatic nitrogens is 1. The highest BCUT2D eigenvalue weighted by atomic mass is 35.5. The van der Waals surface area contributed by atoms with Gasteiger partial charge in [-0.15, -0.1) is 11.3 Å². The first-order valence-corrected chi connectivity index (χ1v) is 8.34. The van der Waals surface area contributed by atoms with Crippen LogP contribution in [0.5, 0.6) is 0 Å². The lowest BCUT2D eigenvalue weighted by Crippen LogP contribution is -2.40. The average Bonchev–Trinajstić information content (AvgIpc) is 2.89. The molecule has 0 aliphatic heterocycles. The Balaban J connectivity index is 1.92. The smallest absolute Gasteiger partial charge is 0.113 e. The molecule has 0 bridgehead atoms. The average molecular weight is 307 g/mol. The molecule has 4 heteroatoms. The minimum atomic E-state index is -0.248. The van der Waals surface area contributed by atoms with Crippen LogP contribution in [0, 0.1) is 5.92 Å². The van der Waals surface area contributed by atoms with Crippen LogP contribution < -0.4 is 5.73 Å². The minimum absolute atomic E-state index is 0.248. The van der Waals surface area contributed by atoms with Gasteiger partial charge in [0.15, 0.2) is 0 Å². The first-order chi connectivity index (χ1) is 9.58. The summed E-state index contributed by atoms with van der Waals surface area (Å²) >= 11 is 7.91. The molecule has 1 aliphatic carbocycles. The molecule has 0 radical (unpaired) electrons. The van der Waals surface area contributed by atoms with Crippen LogP contribution in [-0.4, -0.2) is 4.98 Å². The van der Waals surface area contributed by atoms with Crippen molar-refractivity contribution in [1.82, 2.24) is 4.98 Å². The quantitative estimate of drug-likeness (QED) is 0.863. The van der Waals surface area contributed by atoms with Crippen LogP contribution in [-0.2, 0) is 5.54 Å². The summed E-state index contributed by atoms with van der Waals surface area (Å²) in [5.41, 5.74) is 8.30. The molecule has 3 rings (SSSR count). The maximum Gasteiger partial charge on any atom is 0.113 e. The van der Waals surface area contributed by atoms with Gasteiger partial charge in [-0.25, -0.2) is 4.98 Å². The summed E-state index contributed by atoms with van der Waals surface area (Å²) in [6, 6.07) is 7.83. The lowest BCUT2D eigenvalue weighted by molar-refractivity contribution is 0.238. The van der Waals surface area contributed by atoms with Crippen LogP contribution in [0.3, 0.4) is 0 Å². The van der Waals surface area contributed by atoms with Crippen LogP contribution in [0.1, 0.15) is 37.6 Å². The predicted octanol–water partition coefficient (Wildman–Crippen LogP) is 4.83. The fourth-order valence-corrected chi connectivity index (χ4v) is 4.29. The second-order valence-electron chi connectivity index (χ2n) is 5.88. The normalized spacial score (nSPS) is 26.6. The first kappa shape index (κ1) is 14.1. The zero-order valence-electron chi connectivity index (χ0n) is 11.6. The van der Waals surface area contributed by atoms with Gasteiger partial charge in [0.25, 0.3) is 0 Å². The molecule has 2 N–H and O–H groups in total. The van der Waals surface area contributed by atoms with Gasteiger partial charge in [-0.05, 0) is 24.8 Å². The Morgan fingerprint density at radius 1 is 1.40 bits per heavy atom. The second kappa shape index (κ2) is 5.47. The molecule has 1 aromatic carbocycles. The summed E-state index contributed by atoms with van der Waals surface area (Å²) < 4.78 is 0. The van der Waals surface area contributed by atoms with E-state index in [-0.39, 0.29) is 5.54 Å². The molecule has 1 fully saturated rings. The Morgan fingerprint density at radius 3 is 2.95 bits per heavy atom. The van der Waals surface area contributed by atoms with Gasteiger partial charge >= 0.3 is 0 Å². The van der Waals surface area contributed by atoms with Crippen molar-refractivity contribution in [2.24, 2.45) is 11.7 Å². The first-order valence-electron chi connectivity index (χ1n) is 7.08. The molecule has 2 atom stereocenters. The molecular formula is C16H19ClN2S. The number of nitrogens with two attached hydrogens (primary N) is 1. The van der Waals surface area contributed by atoms with Crippen molar-refractivity contribution in [2.75, 3.05) is 0 Å². The van der Waals surface area contributed by atoms with Crippen molar-refractivity contribution in [3.8, 4) is 11.3 Å². The van der Waals surface area contributed by atoms with E-state index in [0.717, 1.165) is 34.1 Å². The third-order valence-corrected chi connectivity index (χ3v) is 5.50. The number of hydrogen-bond donors (Lipinski definition) is 1. The van der Waals surface area contributed by atoms with E-state index in [4.69, 9.17) is 22.3 Å². The zero-order valence-corrected chi connectivity index (χ0v) is 13.2. The van der Waals surface area contributed by atoms with Crippen LogP contribution in [0.4, 0.5) is 0 Å². The molecule has 1 saturated carbocycles. The third kappa shape index (κ3) is 2.62. The number of hydrogen-bond acceptors (Lipinski definition) is 3. The predicted molar refractivity (Wildman–Crippen MR) is 86.1 cm³/mol. The van der Waals surface area contributed by atoms with Gasteiger partial charge in [-0.2, -0.15) is 0 Å². The summed E-state index contributed by atoms with van der Waals surface area (Å²) in [6.07, 6.45) is 4.54. The van der Waals surface area contributed by atoms with Gasteiger partial charge < -0.3 is 5.73 Å². The number of halogens is 1. The summed E-state index contributed by atoms with van der Waals surface area (Å²) in [4.78, 5) is 4.78. The lowest BCUT2D eigenvalue weighted by Gasteiger charge is -2.35. The molecule has 0 amide bonds. The molecular weight excluding hydrogens is 288 g/mol. The van der Waals surface area contributed by atoms with E-state index in [0.29, 0.717) is 5.92 Å². The molecule has 1 aromatic heterocycles. The number of rotatable bonds is 2. The minimum Gasteiger partial charge on any atom is -0.319 e. The van der Waals surface area contributed by atoms with Crippen LogP contribution in [0.15, 0.2) is 29.6 Å². The topological polar surface area (TPSA) is 38.9 Å². The van der Waals surface area contributed by atoms with Gasteiger partial charge in [0.1, 0.15) is 5.01 Å². The third-order valence-electron chi connectivity index (χ3n) is 4.11. The Labute approximate surface area is 129 Å². The molecule has 0 saturated heterocycles. The van der Waals surface area contributed by atoms with Crippen molar-refractivity contribution in [1.29, 1.82) is 0 Å². The van der Waals surface area contributed by atoms with Gasteiger partial charge in [-0.3, -0.25) is 0 Å². The monoisotopic (exact) mass is 306 g/mol. The molecule has 106 valence electrons. The molecule has 2 aromatic rings. The van der Waals surface area contributed by atoms with Crippen molar-refractivity contribution < 1.29 is 0 Å². The van der Waals surface area contributed by atoms with Gasteiger partial charge in [0.05, 0.1) is 11.2 Å². The lowest BCUT2D eigenvalue weighted by atomic mass is 9.77. The largest absolute Gasteiger partial charge is 0.319 e. The Bertz CT molecular complexity index is 610. The van der Waals surface area contributed by atoms with E-state index < -0.39 is 0 Å². The SMILES string of the molecule is CC1CCCC(N)(c2nc(-c3ccccc3Cl)cs2)C1. The number of nitrogens with zero attached hydrogens (tertiary/aromatic N) is 1. The van der Waals surface area contributed by atoms with Gasteiger partial charge in [-0.1, -0.05) is 49.6 Å². The highest BCUT2D eigenvalue weighted by Gasteiger charge is 2.35. The van der Waals surface area contributed by atoms with Gasteiger partial charge in [0.2, 0.25) is 0 Å². The van der Waals surface area contributed by atoms with Crippen molar-refractivity contribution in [2.45, 2.75) is 38.1 Å². The fraction of sp³-hybridized carbons (Fsp3) is 0.438. The molecule has 2 unspecified atom stereocenters. The summed E-state index contributed by atoms with van der Waals surface area (Å²) in [5, 5.41) is 3.87. The summed E-state index contributed by atoms with van der Waals surface area (Å²) in [6.45, 7) is 2.28. The standard InChI is InChI=1S/C16H19ClN2S/c1-11-5-4-8-16(18,9-11)15-19-14(10-20-15)12-6-2-3-7-13(12)17/h2-3,6-7,10-11H,4-5,8-9,18H2,1H3. The molecule has 1 aliphatic rings. The van der Waals surface area contributed by atoms with Gasteiger partial charge in [0, 0.05) is 16.0 Å².